The molecule has 0 radical (unpaired) electrons. The summed E-state index contributed by atoms with van der Waals surface area (Å²) in [5.74, 6) is 0.660. The second-order valence-corrected chi connectivity index (χ2v) is 5.37. The molecule has 0 saturated carbocycles. The van der Waals surface area contributed by atoms with Crippen LogP contribution in [0, 0.1) is 5.92 Å². The van der Waals surface area contributed by atoms with E-state index in [1.54, 1.807) is 0 Å². The number of hydrogen-bond acceptors (Lipinski definition) is 5. The van der Waals surface area contributed by atoms with Gasteiger partial charge in [-0.15, -0.1) is 0 Å². The Bertz CT molecular complexity index is 612. The largest absolute Gasteiger partial charge is 0.481 e. The third-order valence-corrected chi connectivity index (χ3v) is 3.69. The van der Waals surface area contributed by atoms with E-state index >= 15 is 0 Å². The first-order valence-corrected chi connectivity index (χ1v) is 7.03. The van der Waals surface area contributed by atoms with Crippen molar-refractivity contribution in [2.45, 2.75) is 19.4 Å². The van der Waals surface area contributed by atoms with Crippen LogP contribution in [0.3, 0.4) is 0 Å². The summed E-state index contributed by atoms with van der Waals surface area (Å²) in [6, 6.07) is 9.64. The number of carboxylic acid groups (broad SMARTS) is 1. The lowest BCUT2D eigenvalue weighted by molar-refractivity contribution is -0.138. The highest BCUT2D eigenvalue weighted by Crippen LogP contribution is 2.22. The number of nitrogens with zero attached hydrogens (tertiary/aromatic N) is 3. The second kappa shape index (κ2) is 6.05. The summed E-state index contributed by atoms with van der Waals surface area (Å²) in [6.07, 6.45) is 1.15. The summed E-state index contributed by atoms with van der Waals surface area (Å²) >= 11 is 0. The van der Waals surface area contributed by atoms with Gasteiger partial charge >= 0.3 is 5.97 Å². The van der Waals surface area contributed by atoms with Crippen LogP contribution in [0.1, 0.15) is 18.7 Å². The molecule has 1 unspecified atom stereocenters. The standard InChI is InChI=1S/C15H17N3O3/c19-14(20)8-11-6-7-18(9-11)10-13-16-15(21-17-13)12-4-2-1-3-5-12/h1-5,11H,6-10H2,(H,19,20). The number of hydrogen-bond donors (Lipinski definition) is 1. The average molecular weight is 287 g/mol. The van der Waals surface area contributed by atoms with E-state index in [-0.39, 0.29) is 12.3 Å². The van der Waals surface area contributed by atoms with Gasteiger partial charge in [-0.25, -0.2) is 0 Å². The Morgan fingerprint density at radius 1 is 1.38 bits per heavy atom. The van der Waals surface area contributed by atoms with Crippen LogP contribution in [0.5, 0.6) is 0 Å². The Morgan fingerprint density at radius 2 is 2.19 bits per heavy atom. The van der Waals surface area contributed by atoms with E-state index in [1.165, 1.54) is 0 Å². The van der Waals surface area contributed by atoms with Crippen LogP contribution in [-0.4, -0.2) is 39.2 Å². The van der Waals surface area contributed by atoms with Crippen LogP contribution >= 0.6 is 0 Å². The van der Waals surface area contributed by atoms with Crippen molar-refractivity contribution in [2.24, 2.45) is 5.92 Å². The zero-order valence-electron chi connectivity index (χ0n) is 11.6. The molecule has 1 aliphatic heterocycles. The maximum atomic E-state index is 10.7. The summed E-state index contributed by atoms with van der Waals surface area (Å²) in [6.45, 7) is 2.26. The molecule has 6 nitrogen and oxygen atoms in total. The number of rotatable bonds is 5. The van der Waals surface area contributed by atoms with E-state index in [9.17, 15) is 4.79 Å². The number of aliphatic carboxylic acids is 1. The van der Waals surface area contributed by atoms with Gasteiger partial charge in [0, 0.05) is 18.5 Å². The molecule has 1 fully saturated rings. The van der Waals surface area contributed by atoms with E-state index in [1.807, 2.05) is 30.3 Å². The molecule has 0 aliphatic carbocycles. The molecular formula is C15H17N3O3. The van der Waals surface area contributed by atoms with Gasteiger partial charge in [-0.05, 0) is 31.0 Å². The lowest BCUT2D eigenvalue weighted by Crippen LogP contribution is -2.21. The number of likely N-dealkylation sites (tertiary alicyclic amines) is 1. The molecule has 2 heterocycles. The molecule has 110 valence electrons. The third-order valence-electron chi connectivity index (χ3n) is 3.69. The van der Waals surface area contributed by atoms with Crippen LogP contribution in [0.25, 0.3) is 11.5 Å². The van der Waals surface area contributed by atoms with Crippen molar-refractivity contribution < 1.29 is 14.4 Å². The second-order valence-electron chi connectivity index (χ2n) is 5.37. The highest BCUT2D eigenvalue weighted by atomic mass is 16.5. The zero-order chi connectivity index (χ0) is 14.7. The highest BCUT2D eigenvalue weighted by molar-refractivity contribution is 5.67. The van der Waals surface area contributed by atoms with Crippen molar-refractivity contribution in [3.63, 3.8) is 0 Å². The third kappa shape index (κ3) is 3.46. The first kappa shape index (κ1) is 13.8. The minimum atomic E-state index is -0.729. The van der Waals surface area contributed by atoms with Gasteiger partial charge < -0.3 is 9.63 Å². The van der Waals surface area contributed by atoms with Crippen LogP contribution in [-0.2, 0) is 11.3 Å². The Hall–Kier alpha value is -2.21. The van der Waals surface area contributed by atoms with Gasteiger partial charge in [-0.1, -0.05) is 23.4 Å². The topological polar surface area (TPSA) is 79.5 Å². The first-order valence-electron chi connectivity index (χ1n) is 7.03. The molecule has 1 aromatic heterocycles. The van der Waals surface area contributed by atoms with Crippen LogP contribution in [0.15, 0.2) is 34.9 Å². The molecule has 1 aromatic carbocycles. The molecule has 0 bridgehead atoms. The molecule has 3 rings (SSSR count). The van der Waals surface area contributed by atoms with Gasteiger partial charge in [-0.3, -0.25) is 9.69 Å². The summed E-state index contributed by atoms with van der Waals surface area (Å²) in [7, 11) is 0. The van der Waals surface area contributed by atoms with Gasteiger partial charge in [0.15, 0.2) is 5.82 Å². The van der Waals surface area contributed by atoms with Crippen molar-refractivity contribution in [3.05, 3.63) is 36.2 Å². The molecule has 1 atom stereocenters. The van der Waals surface area contributed by atoms with Gasteiger partial charge in [0.05, 0.1) is 6.54 Å². The van der Waals surface area contributed by atoms with E-state index < -0.39 is 5.97 Å². The lowest BCUT2D eigenvalue weighted by atomic mass is 10.1. The SMILES string of the molecule is O=C(O)CC1CCN(Cc2noc(-c3ccccc3)n2)C1. The maximum absolute atomic E-state index is 10.7. The van der Waals surface area contributed by atoms with Crippen LogP contribution < -0.4 is 0 Å². The molecule has 21 heavy (non-hydrogen) atoms. The molecule has 6 heteroatoms. The fourth-order valence-electron chi connectivity index (χ4n) is 2.69. The molecule has 0 spiro atoms. The molecule has 1 saturated heterocycles. The zero-order valence-corrected chi connectivity index (χ0v) is 11.6. The Balaban J connectivity index is 1.60. The van der Waals surface area contributed by atoms with Crippen molar-refractivity contribution >= 4 is 5.97 Å². The maximum Gasteiger partial charge on any atom is 0.303 e. The summed E-state index contributed by atoms with van der Waals surface area (Å²) < 4.78 is 5.27. The summed E-state index contributed by atoms with van der Waals surface area (Å²) in [4.78, 5) is 17.3. The van der Waals surface area contributed by atoms with Crippen molar-refractivity contribution in [3.8, 4) is 11.5 Å². The quantitative estimate of drug-likeness (QED) is 0.906. The van der Waals surface area contributed by atoms with Crippen molar-refractivity contribution in [1.29, 1.82) is 0 Å². The predicted octanol–water partition coefficient (Wildman–Crippen LogP) is 2.03. The van der Waals surface area contributed by atoms with E-state index in [0.717, 1.165) is 25.1 Å². The summed E-state index contributed by atoms with van der Waals surface area (Å²) in [5.41, 5.74) is 0.904. The number of carboxylic acids is 1. The molecule has 0 amide bonds. The molecular weight excluding hydrogens is 270 g/mol. The Morgan fingerprint density at radius 3 is 2.95 bits per heavy atom. The fourth-order valence-corrected chi connectivity index (χ4v) is 2.69. The number of carbonyl (C=O) groups is 1. The van der Waals surface area contributed by atoms with Gasteiger partial charge in [0.2, 0.25) is 0 Å². The van der Waals surface area contributed by atoms with E-state index in [4.69, 9.17) is 9.63 Å². The fraction of sp³-hybridized carbons (Fsp3) is 0.400. The van der Waals surface area contributed by atoms with Crippen LogP contribution in [0.2, 0.25) is 0 Å². The van der Waals surface area contributed by atoms with Crippen molar-refractivity contribution in [1.82, 2.24) is 15.0 Å². The smallest absolute Gasteiger partial charge is 0.303 e. The minimum Gasteiger partial charge on any atom is -0.481 e. The normalized spacial score (nSPS) is 19.0. The summed E-state index contributed by atoms with van der Waals surface area (Å²) in [5, 5.41) is 12.8. The average Bonchev–Trinajstić information content (AvgIpc) is 3.09. The Kier molecular flexibility index (Phi) is 3.96. The highest BCUT2D eigenvalue weighted by Gasteiger charge is 2.25. The number of benzene rings is 1. The van der Waals surface area contributed by atoms with Crippen LogP contribution in [0.4, 0.5) is 0 Å². The first-order chi connectivity index (χ1) is 10.2. The van der Waals surface area contributed by atoms with Gasteiger partial charge in [0.1, 0.15) is 0 Å². The van der Waals surface area contributed by atoms with Crippen molar-refractivity contribution in [2.75, 3.05) is 13.1 Å². The molecule has 2 aromatic rings. The van der Waals surface area contributed by atoms with Gasteiger partial charge in [0.25, 0.3) is 5.89 Å². The Labute approximate surface area is 122 Å². The minimum absolute atomic E-state index is 0.225. The predicted molar refractivity (Wildman–Crippen MR) is 75.4 cm³/mol. The van der Waals surface area contributed by atoms with Gasteiger partial charge in [-0.2, -0.15) is 4.98 Å². The molecule has 1 aliphatic rings. The van der Waals surface area contributed by atoms with E-state index in [0.29, 0.717) is 18.3 Å². The number of aromatic nitrogens is 2. The monoisotopic (exact) mass is 287 g/mol. The van der Waals surface area contributed by atoms with E-state index in [2.05, 4.69) is 15.0 Å². The lowest BCUT2D eigenvalue weighted by Gasteiger charge is -2.12. The molecule has 1 N–H and O–H groups in total.